The average molecular weight is 473 g/mol. The summed E-state index contributed by atoms with van der Waals surface area (Å²) in [5.74, 6) is -3.16. The number of para-hydroxylation sites is 1. The number of benzene rings is 1. The second kappa shape index (κ2) is 8.47. The number of carbonyl (C=O) groups excluding carboxylic acids is 2. The molecule has 7 nitrogen and oxygen atoms in total. The number of aliphatic hydroxyl groups excluding tert-OH is 1. The van der Waals surface area contributed by atoms with Crippen molar-refractivity contribution in [2.45, 2.75) is 56.2 Å². The molecule has 3 heterocycles. The van der Waals surface area contributed by atoms with Crippen LogP contribution in [0.4, 0.5) is 5.69 Å². The number of carbonyl (C=O) groups is 3. The molecule has 7 atom stereocenters. The molecule has 1 aromatic carbocycles. The van der Waals surface area contributed by atoms with Gasteiger partial charge in [-0.1, -0.05) is 31.2 Å². The molecule has 1 aromatic rings. The van der Waals surface area contributed by atoms with Gasteiger partial charge in [-0.05, 0) is 44.2 Å². The summed E-state index contributed by atoms with van der Waals surface area (Å²) >= 11 is 1.51. The first-order valence-electron chi connectivity index (χ1n) is 11.4. The molecule has 33 heavy (non-hydrogen) atoms. The Hall–Kier alpha value is -2.32. The van der Waals surface area contributed by atoms with Crippen LogP contribution in [0, 0.1) is 31.6 Å². The molecule has 0 saturated carbocycles. The lowest BCUT2D eigenvalue weighted by Crippen LogP contribution is -2.59. The number of likely N-dealkylation sites (tertiary alicyclic amines) is 1. The first-order chi connectivity index (χ1) is 15.6. The van der Waals surface area contributed by atoms with E-state index in [2.05, 4.69) is 6.58 Å². The van der Waals surface area contributed by atoms with Crippen molar-refractivity contribution < 1.29 is 24.6 Å². The number of aliphatic carboxylic acids is 1. The zero-order valence-corrected chi connectivity index (χ0v) is 20.3. The SMILES string of the molecule is C=CCN(C(=O)C1N([C@H](C)CO)C(=O)[C@@H]2[C@H](C(=O)O)[C@@H]3CC(C)C12S3)c1c(C)cccc1C. The number of rotatable bonds is 7. The van der Waals surface area contributed by atoms with E-state index in [0.29, 0.717) is 6.42 Å². The average Bonchev–Trinajstić information content (AvgIpc) is 3.35. The van der Waals surface area contributed by atoms with E-state index in [1.165, 1.54) is 16.7 Å². The van der Waals surface area contributed by atoms with Gasteiger partial charge in [0.2, 0.25) is 5.91 Å². The number of anilines is 1. The van der Waals surface area contributed by atoms with Gasteiger partial charge in [-0.2, -0.15) is 0 Å². The standard InChI is InChI=1S/C25H32N2O5S/c1-6-10-26(20-13(2)8-7-9-14(20)3)23(30)21-25-15(4)11-17(33-25)18(24(31)32)19(25)22(29)27(21)16(5)12-28/h6-9,15-19,21,28H,1,10-12H2,2-5H3,(H,31,32)/t15?,16-,17+,18-,19+,21?,25?/m1/s1. The number of fused-ring (bicyclic) bond motifs is 1. The highest BCUT2D eigenvalue weighted by atomic mass is 32.2. The minimum atomic E-state index is -0.984. The van der Waals surface area contributed by atoms with Gasteiger partial charge in [0.1, 0.15) is 6.04 Å². The van der Waals surface area contributed by atoms with Crippen LogP contribution in [0.2, 0.25) is 0 Å². The molecule has 1 spiro atoms. The van der Waals surface area contributed by atoms with Crippen molar-refractivity contribution in [1.29, 1.82) is 0 Å². The smallest absolute Gasteiger partial charge is 0.308 e. The molecule has 3 saturated heterocycles. The van der Waals surface area contributed by atoms with E-state index >= 15 is 0 Å². The summed E-state index contributed by atoms with van der Waals surface area (Å²) in [6, 6.07) is 4.37. The van der Waals surface area contributed by atoms with E-state index in [4.69, 9.17) is 0 Å². The lowest BCUT2D eigenvalue weighted by molar-refractivity contribution is -0.149. The molecule has 2 bridgehead atoms. The van der Waals surface area contributed by atoms with E-state index in [0.717, 1.165) is 16.8 Å². The Kier molecular flexibility index (Phi) is 6.12. The van der Waals surface area contributed by atoms with Crippen molar-refractivity contribution in [2.75, 3.05) is 18.1 Å². The summed E-state index contributed by atoms with van der Waals surface area (Å²) in [6.07, 6.45) is 2.32. The monoisotopic (exact) mass is 472 g/mol. The van der Waals surface area contributed by atoms with Gasteiger partial charge in [-0.25, -0.2) is 0 Å². The van der Waals surface area contributed by atoms with Gasteiger partial charge in [-0.15, -0.1) is 18.3 Å². The summed E-state index contributed by atoms with van der Waals surface area (Å²) in [7, 11) is 0. The quantitative estimate of drug-likeness (QED) is 0.592. The van der Waals surface area contributed by atoms with Crippen LogP contribution in [0.15, 0.2) is 30.9 Å². The van der Waals surface area contributed by atoms with Crippen molar-refractivity contribution in [3.05, 3.63) is 42.0 Å². The number of carboxylic acid groups (broad SMARTS) is 1. The van der Waals surface area contributed by atoms with Crippen LogP contribution >= 0.6 is 11.8 Å². The van der Waals surface area contributed by atoms with E-state index in [1.54, 1.807) is 17.9 Å². The van der Waals surface area contributed by atoms with Gasteiger partial charge in [0.25, 0.3) is 5.91 Å². The molecule has 0 radical (unpaired) electrons. The molecular formula is C25H32N2O5S. The van der Waals surface area contributed by atoms with Crippen LogP contribution in [0.25, 0.3) is 0 Å². The predicted octanol–water partition coefficient (Wildman–Crippen LogP) is 2.63. The maximum Gasteiger partial charge on any atom is 0.308 e. The molecule has 8 heteroatoms. The highest BCUT2D eigenvalue weighted by Crippen LogP contribution is 2.69. The van der Waals surface area contributed by atoms with Gasteiger partial charge in [0, 0.05) is 17.5 Å². The van der Waals surface area contributed by atoms with Gasteiger partial charge in [0.05, 0.1) is 29.2 Å². The lowest BCUT2D eigenvalue weighted by Gasteiger charge is -2.41. The Balaban J connectivity index is 1.89. The Morgan fingerprint density at radius 2 is 2.00 bits per heavy atom. The summed E-state index contributed by atoms with van der Waals surface area (Å²) in [4.78, 5) is 43.5. The van der Waals surface area contributed by atoms with E-state index in [1.807, 2.05) is 39.0 Å². The van der Waals surface area contributed by atoms with Crippen molar-refractivity contribution in [1.82, 2.24) is 4.90 Å². The van der Waals surface area contributed by atoms with Crippen molar-refractivity contribution in [2.24, 2.45) is 17.8 Å². The zero-order chi connectivity index (χ0) is 24.2. The second-order valence-corrected chi connectivity index (χ2v) is 11.2. The largest absolute Gasteiger partial charge is 0.481 e. The summed E-state index contributed by atoms with van der Waals surface area (Å²) < 4.78 is -0.832. The molecule has 3 fully saturated rings. The third-order valence-electron chi connectivity index (χ3n) is 7.73. The summed E-state index contributed by atoms with van der Waals surface area (Å²) in [5.41, 5.74) is 2.65. The summed E-state index contributed by atoms with van der Waals surface area (Å²) in [5, 5.41) is 19.8. The van der Waals surface area contributed by atoms with E-state index < -0.39 is 34.6 Å². The summed E-state index contributed by atoms with van der Waals surface area (Å²) in [6.45, 7) is 11.4. The van der Waals surface area contributed by atoms with Crippen molar-refractivity contribution in [3.63, 3.8) is 0 Å². The Morgan fingerprint density at radius 3 is 2.55 bits per heavy atom. The minimum absolute atomic E-state index is 0.00885. The van der Waals surface area contributed by atoms with E-state index in [-0.39, 0.29) is 36.1 Å². The van der Waals surface area contributed by atoms with Crippen molar-refractivity contribution >= 4 is 35.2 Å². The van der Waals surface area contributed by atoms with Crippen LogP contribution in [0.5, 0.6) is 0 Å². The fourth-order valence-corrected chi connectivity index (χ4v) is 8.78. The van der Waals surface area contributed by atoms with Crippen LogP contribution in [-0.2, 0) is 14.4 Å². The Bertz CT molecular complexity index is 992. The number of hydrogen-bond acceptors (Lipinski definition) is 5. The fourth-order valence-electron chi connectivity index (χ4n) is 6.38. The van der Waals surface area contributed by atoms with E-state index in [9.17, 15) is 24.6 Å². The molecule has 3 aliphatic heterocycles. The maximum absolute atomic E-state index is 14.4. The normalized spacial score (nSPS) is 33.2. The molecule has 0 aliphatic carbocycles. The van der Waals surface area contributed by atoms with Gasteiger partial charge in [0.15, 0.2) is 0 Å². The number of nitrogens with zero attached hydrogens (tertiary/aromatic N) is 2. The van der Waals surface area contributed by atoms with Crippen LogP contribution in [-0.4, -0.2) is 68.1 Å². The second-order valence-electron chi connectivity index (χ2n) is 9.65. The molecule has 3 unspecified atom stereocenters. The Morgan fingerprint density at radius 1 is 1.36 bits per heavy atom. The molecule has 0 aromatic heterocycles. The molecular weight excluding hydrogens is 440 g/mol. The molecule has 178 valence electrons. The van der Waals surface area contributed by atoms with Crippen molar-refractivity contribution in [3.8, 4) is 0 Å². The predicted molar refractivity (Wildman–Crippen MR) is 128 cm³/mol. The third-order valence-corrected chi connectivity index (χ3v) is 9.80. The highest BCUT2D eigenvalue weighted by molar-refractivity contribution is 8.02. The lowest BCUT2D eigenvalue weighted by atomic mass is 9.66. The first kappa shape index (κ1) is 23.8. The fraction of sp³-hybridized carbons (Fsp3) is 0.560. The number of amides is 2. The van der Waals surface area contributed by atoms with Gasteiger partial charge < -0.3 is 20.0 Å². The van der Waals surface area contributed by atoms with Crippen LogP contribution < -0.4 is 4.90 Å². The minimum Gasteiger partial charge on any atom is -0.481 e. The maximum atomic E-state index is 14.4. The molecule has 3 aliphatic rings. The topological polar surface area (TPSA) is 98.2 Å². The number of hydrogen-bond donors (Lipinski definition) is 2. The number of carboxylic acids is 1. The third kappa shape index (κ3) is 3.25. The molecule has 4 rings (SSSR count). The number of aryl methyl sites for hydroxylation is 2. The Labute approximate surface area is 198 Å². The first-order valence-corrected chi connectivity index (χ1v) is 12.3. The number of aliphatic hydroxyl groups is 1. The molecule has 2 N–H and O–H groups in total. The number of thioether (sulfide) groups is 1. The highest BCUT2D eigenvalue weighted by Gasteiger charge is 2.76. The van der Waals surface area contributed by atoms with Gasteiger partial charge in [-0.3, -0.25) is 14.4 Å². The van der Waals surface area contributed by atoms with Gasteiger partial charge >= 0.3 is 5.97 Å². The van der Waals surface area contributed by atoms with Crippen LogP contribution in [0.1, 0.15) is 31.4 Å². The van der Waals surface area contributed by atoms with Crippen LogP contribution in [0.3, 0.4) is 0 Å². The zero-order valence-electron chi connectivity index (χ0n) is 19.5. The molecule has 2 amide bonds.